The summed E-state index contributed by atoms with van der Waals surface area (Å²) in [4.78, 5) is 24.5. The van der Waals surface area contributed by atoms with Gasteiger partial charge in [-0.05, 0) is 61.5 Å². The SMILES string of the molecule is CC1CCC(NC(=O)c2cnc(N3CC4CC4C3)nc2NCc2ccc(CO)c(F)c2)CC1. The maximum atomic E-state index is 14.1. The van der Waals surface area contributed by atoms with Crippen LogP contribution in [0.3, 0.4) is 0 Å². The number of aromatic nitrogens is 2. The van der Waals surface area contributed by atoms with E-state index in [2.05, 4.69) is 27.4 Å². The van der Waals surface area contributed by atoms with Gasteiger partial charge in [-0.3, -0.25) is 4.79 Å². The summed E-state index contributed by atoms with van der Waals surface area (Å²) < 4.78 is 14.1. The maximum absolute atomic E-state index is 14.1. The number of fused-ring (bicyclic) bond motifs is 1. The van der Waals surface area contributed by atoms with Crippen LogP contribution < -0.4 is 15.5 Å². The molecule has 2 unspecified atom stereocenters. The molecule has 0 spiro atoms. The van der Waals surface area contributed by atoms with Gasteiger partial charge in [-0.2, -0.15) is 4.98 Å². The molecular formula is C25H32FN5O2. The third-order valence-electron chi connectivity index (χ3n) is 7.38. The van der Waals surface area contributed by atoms with Crippen LogP contribution in [0.5, 0.6) is 0 Å². The highest BCUT2D eigenvalue weighted by Gasteiger charge is 2.46. The smallest absolute Gasteiger partial charge is 0.256 e. The van der Waals surface area contributed by atoms with E-state index in [0.29, 0.717) is 35.4 Å². The largest absolute Gasteiger partial charge is 0.392 e. The minimum atomic E-state index is -0.444. The first-order valence-corrected chi connectivity index (χ1v) is 12.0. The Morgan fingerprint density at radius 1 is 1.21 bits per heavy atom. The van der Waals surface area contributed by atoms with Gasteiger partial charge in [0.1, 0.15) is 17.2 Å². The van der Waals surface area contributed by atoms with Crippen LogP contribution in [0.25, 0.3) is 0 Å². The lowest BCUT2D eigenvalue weighted by Gasteiger charge is -2.27. The van der Waals surface area contributed by atoms with Gasteiger partial charge in [-0.15, -0.1) is 0 Å². The minimum Gasteiger partial charge on any atom is -0.392 e. The van der Waals surface area contributed by atoms with Gasteiger partial charge in [-0.25, -0.2) is 9.37 Å². The maximum Gasteiger partial charge on any atom is 0.256 e. The zero-order valence-corrected chi connectivity index (χ0v) is 19.1. The van der Waals surface area contributed by atoms with Crippen molar-refractivity contribution in [3.8, 4) is 0 Å². The predicted molar refractivity (Wildman–Crippen MR) is 124 cm³/mol. The van der Waals surface area contributed by atoms with Crippen molar-refractivity contribution < 1.29 is 14.3 Å². The van der Waals surface area contributed by atoms with Crippen molar-refractivity contribution in [2.24, 2.45) is 17.8 Å². The van der Waals surface area contributed by atoms with Crippen molar-refractivity contribution in [1.29, 1.82) is 0 Å². The van der Waals surface area contributed by atoms with Crippen molar-refractivity contribution in [2.75, 3.05) is 23.3 Å². The summed E-state index contributed by atoms with van der Waals surface area (Å²) >= 11 is 0. The molecule has 176 valence electrons. The van der Waals surface area contributed by atoms with Crippen LogP contribution in [0.4, 0.5) is 16.2 Å². The highest BCUT2D eigenvalue weighted by atomic mass is 19.1. The Hall–Kier alpha value is -2.74. The first-order valence-electron chi connectivity index (χ1n) is 12.0. The summed E-state index contributed by atoms with van der Waals surface area (Å²) in [5, 5.41) is 15.6. The van der Waals surface area contributed by atoms with E-state index in [0.717, 1.165) is 50.6 Å². The Kier molecular flexibility index (Phi) is 6.19. The Labute approximate surface area is 193 Å². The fraction of sp³-hybridized carbons (Fsp3) is 0.560. The zero-order valence-electron chi connectivity index (χ0n) is 19.1. The third-order valence-corrected chi connectivity index (χ3v) is 7.38. The monoisotopic (exact) mass is 453 g/mol. The number of halogens is 1. The van der Waals surface area contributed by atoms with Crippen LogP contribution in [0.15, 0.2) is 24.4 Å². The van der Waals surface area contributed by atoms with Gasteiger partial charge >= 0.3 is 0 Å². The molecule has 2 saturated carbocycles. The Bertz CT molecular complexity index is 1010. The molecule has 0 bridgehead atoms. The molecule has 1 aliphatic heterocycles. The number of aliphatic hydroxyl groups is 1. The second-order valence-electron chi connectivity index (χ2n) is 9.96. The number of carbonyl (C=O) groups excluding carboxylic acids is 1. The van der Waals surface area contributed by atoms with E-state index in [9.17, 15) is 14.3 Å². The average molecular weight is 454 g/mol. The number of hydrogen-bond donors (Lipinski definition) is 3. The number of aliphatic hydroxyl groups excluding tert-OH is 1. The van der Waals surface area contributed by atoms with Gasteiger partial charge < -0.3 is 20.6 Å². The lowest BCUT2D eigenvalue weighted by Crippen LogP contribution is -2.38. The molecule has 2 heterocycles. The highest BCUT2D eigenvalue weighted by Crippen LogP contribution is 2.45. The number of benzene rings is 1. The molecule has 3 aliphatic rings. The Morgan fingerprint density at radius 2 is 1.97 bits per heavy atom. The van der Waals surface area contributed by atoms with E-state index in [1.807, 2.05) is 0 Å². The molecule has 33 heavy (non-hydrogen) atoms. The molecule has 1 aromatic heterocycles. The van der Waals surface area contributed by atoms with E-state index in [1.165, 1.54) is 12.5 Å². The third kappa shape index (κ3) is 4.95. The van der Waals surface area contributed by atoms with Gasteiger partial charge in [0, 0.05) is 37.4 Å². The number of anilines is 2. The lowest BCUT2D eigenvalue weighted by atomic mass is 9.87. The van der Waals surface area contributed by atoms with Gasteiger partial charge in [0.2, 0.25) is 5.95 Å². The molecule has 2 atom stereocenters. The summed E-state index contributed by atoms with van der Waals surface area (Å²) in [5.74, 6) is 2.69. The van der Waals surface area contributed by atoms with Crippen LogP contribution in [0.2, 0.25) is 0 Å². The number of nitrogens with one attached hydrogen (secondary N) is 2. The molecule has 2 aromatic rings. The van der Waals surface area contributed by atoms with Gasteiger partial charge in [-0.1, -0.05) is 19.1 Å². The van der Waals surface area contributed by atoms with Crippen LogP contribution in [0, 0.1) is 23.6 Å². The van der Waals surface area contributed by atoms with Crippen LogP contribution in [-0.4, -0.2) is 40.1 Å². The van der Waals surface area contributed by atoms with E-state index in [-0.39, 0.29) is 24.1 Å². The van der Waals surface area contributed by atoms with Crippen LogP contribution in [-0.2, 0) is 13.2 Å². The number of hydrogen-bond acceptors (Lipinski definition) is 6. The highest BCUT2D eigenvalue weighted by molar-refractivity contribution is 5.98. The summed E-state index contributed by atoms with van der Waals surface area (Å²) in [5.41, 5.74) is 1.38. The standard InChI is InChI=1S/C25H32FN5O2/c1-15-2-6-20(7-3-15)29-24(33)21-11-28-25(31-12-18-9-19(18)13-31)30-23(21)27-10-16-4-5-17(14-32)22(26)8-16/h4-5,8,11,15,18-20,32H,2-3,6-7,9-10,12-14H2,1H3,(H,29,33)(H,27,28,30). The molecule has 2 aliphatic carbocycles. The Balaban J connectivity index is 1.34. The molecule has 5 rings (SSSR count). The number of carbonyl (C=O) groups is 1. The normalized spacial score (nSPS) is 26.1. The molecule has 3 fully saturated rings. The van der Waals surface area contributed by atoms with E-state index < -0.39 is 5.82 Å². The summed E-state index contributed by atoms with van der Waals surface area (Å²) in [7, 11) is 0. The fourth-order valence-corrected chi connectivity index (χ4v) is 5.07. The minimum absolute atomic E-state index is 0.172. The van der Waals surface area contributed by atoms with E-state index in [1.54, 1.807) is 18.3 Å². The first kappa shape index (κ1) is 22.1. The first-order chi connectivity index (χ1) is 16.0. The van der Waals surface area contributed by atoms with Gasteiger partial charge in [0.25, 0.3) is 5.91 Å². The second-order valence-corrected chi connectivity index (χ2v) is 9.96. The number of piperidine rings is 1. The van der Waals surface area contributed by atoms with E-state index in [4.69, 9.17) is 4.98 Å². The quantitative estimate of drug-likeness (QED) is 0.595. The summed E-state index contributed by atoms with van der Waals surface area (Å²) in [6, 6.07) is 4.91. The zero-order chi connectivity index (χ0) is 22.9. The van der Waals surface area contributed by atoms with Gasteiger partial charge in [0.05, 0.1) is 6.61 Å². The van der Waals surface area contributed by atoms with Crippen molar-refractivity contribution in [3.05, 3.63) is 46.9 Å². The fourth-order valence-electron chi connectivity index (χ4n) is 5.07. The molecule has 1 amide bonds. The Morgan fingerprint density at radius 3 is 2.67 bits per heavy atom. The predicted octanol–water partition coefficient (Wildman–Crippen LogP) is 3.48. The van der Waals surface area contributed by atoms with Crippen LogP contribution in [0.1, 0.15) is 60.5 Å². The number of rotatable bonds is 7. The van der Waals surface area contributed by atoms with E-state index >= 15 is 0 Å². The van der Waals surface area contributed by atoms with Crippen molar-refractivity contribution >= 4 is 17.7 Å². The molecule has 7 nitrogen and oxygen atoms in total. The number of nitrogens with zero attached hydrogens (tertiary/aromatic N) is 3. The molecule has 1 saturated heterocycles. The van der Waals surface area contributed by atoms with Crippen molar-refractivity contribution in [3.63, 3.8) is 0 Å². The average Bonchev–Trinajstić information content (AvgIpc) is 3.43. The summed E-state index contributed by atoms with van der Waals surface area (Å²) in [6.07, 6.45) is 7.13. The molecule has 3 N–H and O–H groups in total. The second kappa shape index (κ2) is 9.25. The topological polar surface area (TPSA) is 90.4 Å². The summed E-state index contributed by atoms with van der Waals surface area (Å²) in [6.45, 7) is 4.15. The lowest BCUT2D eigenvalue weighted by molar-refractivity contribution is 0.0923. The van der Waals surface area contributed by atoms with Crippen molar-refractivity contribution in [1.82, 2.24) is 15.3 Å². The van der Waals surface area contributed by atoms with Crippen LogP contribution >= 0.6 is 0 Å². The van der Waals surface area contributed by atoms with Gasteiger partial charge in [0.15, 0.2) is 0 Å². The number of amides is 1. The molecular weight excluding hydrogens is 421 g/mol. The molecule has 1 aromatic carbocycles. The molecule has 8 heteroatoms. The van der Waals surface area contributed by atoms with Crippen molar-refractivity contribution in [2.45, 2.75) is 58.2 Å². The molecule has 0 radical (unpaired) electrons.